The summed E-state index contributed by atoms with van der Waals surface area (Å²) in [4.78, 5) is 12.1. The zero-order valence-corrected chi connectivity index (χ0v) is 13.1. The Morgan fingerprint density at radius 1 is 1.48 bits per heavy atom. The van der Waals surface area contributed by atoms with Gasteiger partial charge >= 0.3 is 5.97 Å². The molecular weight excluding hydrogens is 266 g/mol. The number of aryl methyl sites for hydroxylation is 1. The third-order valence-electron chi connectivity index (χ3n) is 4.54. The highest BCUT2D eigenvalue weighted by atomic mass is 16.5. The van der Waals surface area contributed by atoms with Gasteiger partial charge in [-0.25, -0.2) is 0 Å². The van der Waals surface area contributed by atoms with Crippen LogP contribution < -0.4 is 10.1 Å². The first-order valence-corrected chi connectivity index (χ1v) is 7.59. The van der Waals surface area contributed by atoms with Crippen molar-refractivity contribution in [3.63, 3.8) is 0 Å². The number of nitrogens with one attached hydrogen (secondary N) is 1. The minimum absolute atomic E-state index is 0.150. The lowest BCUT2D eigenvalue weighted by molar-refractivity contribution is -0.150. The SMILES string of the molecule is CNC1(C(=O)OC)CCCC1CCOc1cccc(C)c1. The van der Waals surface area contributed by atoms with Gasteiger partial charge in [-0.05, 0) is 56.8 Å². The number of ether oxygens (including phenoxy) is 2. The molecule has 1 aromatic rings. The molecule has 1 aromatic carbocycles. The average molecular weight is 291 g/mol. The summed E-state index contributed by atoms with van der Waals surface area (Å²) >= 11 is 0. The standard InChI is InChI=1S/C17H25NO3/c1-13-6-4-8-15(12-13)21-11-9-14-7-5-10-17(14,18-2)16(19)20-3/h4,6,8,12,14,18H,5,7,9-11H2,1-3H3. The lowest BCUT2D eigenvalue weighted by Gasteiger charge is -2.32. The van der Waals surface area contributed by atoms with E-state index in [1.807, 2.05) is 38.2 Å². The van der Waals surface area contributed by atoms with Crippen molar-refractivity contribution in [2.75, 3.05) is 20.8 Å². The summed E-state index contributed by atoms with van der Waals surface area (Å²) < 4.78 is 10.8. The Balaban J connectivity index is 1.94. The fourth-order valence-corrected chi connectivity index (χ4v) is 3.37. The average Bonchev–Trinajstić information content (AvgIpc) is 2.90. The molecule has 1 fully saturated rings. The number of carbonyl (C=O) groups is 1. The Kier molecular flexibility index (Phi) is 5.23. The summed E-state index contributed by atoms with van der Waals surface area (Å²) in [7, 11) is 3.30. The molecule has 2 unspecified atom stereocenters. The summed E-state index contributed by atoms with van der Waals surface area (Å²) in [6, 6.07) is 8.03. The number of likely N-dealkylation sites (N-methyl/N-ethyl adjacent to an activating group) is 1. The second-order valence-corrected chi connectivity index (χ2v) is 5.76. The number of carbonyl (C=O) groups excluding carboxylic acids is 1. The summed E-state index contributed by atoms with van der Waals surface area (Å²) in [6.07, 6.45) is 3.77. The molecule has 0 aromatic heterocycles. The van der Waals surface area contributed by atoms with Crippen LogP contribution in [-0.2, 0) is 9.53 Å². The highest BCUT2D eigenvalue weighted by molar-refractivity contribution is 5.81. The summed E-state index contributed by atoms with van der Waals surface area (Å²) in [5.41, 5.74) is 0.651. The van der Waals surface area contributed by atoms with Crippen molar-refractivity contribution in [3.8, 4) is 5.75 Å². The summed E-state index contributed by atoms with van der Waals surface area (Å²) in [6.45, 7) is 2.67. The second kappa shape index (κ2) is 6.94. The Labute approximate surface area is 126 Å². The van der Waals surface area contributed by atoms with Crippen LogP contribution in [0.5, 0.6) is 5.75 Å². The van der Waals surface area contributed by atoms with Gasteiger partial charge in [0.15, 0.2) is 0 Å². The molecule has 116 valence electrons. The fourth-order valence-electron chi connectivity index (χ4n) is 3.37. The molecule has 0 aliphatic heterocycles. The molecule has 4 heteroatoms. The van der Waals surface area contributed by atoms with E-state index in [0.29, 0.717) is 6.61 Å². The fraction of sp³-hybridized carbons (Fsp3) is 0.588. The predicted octanol–water partition coefficient (Wildman–Crippen LogP) is 2.70. The molecule has 1 N–H and O–H groups in total. The summed E-state index contributed by atoms with van der Waals surface area (Å²) in [5, 5.41) is 3.21. The maximum atomic E-state index is 12.1. The molecule has 0 radical (unpaired) electrons. The highest BCUT2D eigenvalue weighted by Gasteiger charge is 2.48. The van der Waals surface area contributed by atoms with Crippen molar-refractivity contribution in [2.24, 2.45) is 5.92 Å². The van der Waals surface area contributed by atoms with E-state index in [9.17, 15) is 4.79 Å². The first-order valence-electron chi connectivity index (χ1n) is 7.59. The Bertz CT molecular complexity index is 489. The number of esters is 1. The zero-order chi connectivity index (χ0) is 15.3. The first kappa shape index (κ1) is 15.8. The topological polar surface area (TPSA) is 47.6 Å². The number of hydrogen-bond acceptors (Lipinski definition) is 4. The van der Waals surface area contributed by atoms with E-state index >= 15 is 0 Å². The third kappa shape index (κ3) is 3.38. The monoisotopic (exact) mass is 291 g/mol. The molecule has 1 aliphatic carbocycles. The van der Waals surface area contributed by atoms with E-state index in [1.165, 1.54) is 12.7 Å². The minimum Gasteiger partial charge on any atom is -0.494 e. The minimum atomic E-state index is -0.537. The van der Waals surface area contributed by atoms with Gasteiger partial charge in [-0.3, -0.25) is 4.79 Å². The molecule has 0 spiro atoms. The van der Waals surface area contributed by atoms with Crippen LogP contribution in [0.1, 0.15) is 31.2 Å². The van der Waals surface area contributed by atoms with Crippen LogP contribution in [-0.4, -0.2) is 32.3 Å². The highest BCUT2D eigenvalue weighted by Crippen LogP contribution is 2.38. The van der Waals surface area contributed by atoms with Gasteiger partial charge in [-0.1, -0.05) is 18.6 Å². The van der Waals surface area contributed by atoms with Gasteiger partial charge in [0, 0.05) is 0 Å². The lowest BCUT2D eigenvalue weighted by atomic mass is 9.85. The normalized spacial score (nSPS) is 24.8. The molecule has 0 heterocycles. The van der Waals surface area contributed by atoms with Crippen LogP contribution in [0.4, 0.5) is 0 Å². The van der Waals surface area contributed by atoms with Crippen molar-refractivity contribution in [1.29, 1.82) is 0 Å². The Morgan fingerprint density at radius 3 is 2.95 bits per heavy atom. The quantitative estimate of drug-likeness (QED) is 0.819. The number of methoxy groups -OCH3 is 1. The largest absolute Gasteiger partial charge is 0.494 e. The van der Waals surface area contributed by atoms with E-state index in [0.717, 1.165) is 31.4 Å². The van der Waals surface area contributed by atoms with Crippen LogP contribution in [0.3, 0.4) is 0 Å². The molecule has 2 atom stereocenters. The number of benzene rings is 1. The van der Waals surface area contributed by atoms with E-state index in [4.69, 9.17) is 9.47 Å². The van der Waals surface area contributed by atoms with Crippen molar-refractivity contribution >= 4 is 5.97 Å². The van der Waals surface area contributed by atoms with E-state index in [-0.39, 0.29) is 11.9 Å². The van der Waals surface area contributed by atoms with Crippen molar-refractivity contribution in [2.45, 2.75) is 38.1 Å². The Hall–Kier alpha value is -1.55. The second-order valence-electron chi connectivity index (χ2n) is 5.76. The maximum absolute atomic E-state index is 12.1. The van der Waals surface area contributed by atoms with Gasteiger partial charge in [-0.15, -0.1) is 0 Å². The molecule has 0 saturated heterocycles. The molecule has 1 aliphatic rings. The van der Waals surface area contributed by atoms with Crippen LogP contribution in [0.25, 0.3) is 0 Å². The summed E-state index contributed by atoms with van der Waals surface area (Å²) in [5.74, 6) is 1.00. The molecular formula is C17H25NO3. The maximum Gasteiger partial charge on any atom is 0.326 e. The van der Waals surface area contributed by atoms with Crippen LogP contribution in [0, 0.1) is 12.8 Å². The van der Waals surface area contributed by atoms with Crippen LogP contribution >= 0.6 is 0 Å². The van der Waals surface area contributed by atoms with Crippen molar-refractivity contribution in [1.82, 2.24) is 5.32 Å². The van der Waals surface area contributed by atoms with E-state index < -0.39 is 5.54 Å². The number of rotatable bonds is 6. The van der Waals surface area contributed by atoms with Gasteiger partial charge in [0.25, 0.3) is 0 Å². The van der Waals surface area contributed by atoms with Gasteiger partial charge in [0.1, 0.15) is 11.3 Å². The molecule has 1 saturated carbocycles. The van der Waals surface area contributed by atoms with Gasteiger partial charge in [0.2, 0.25) is 0 Å². The molecule has 0 bridgehead atoms. The van der Waals surface area contributed by atoms with Gasteiger partial charge in [0.05, 0.1) is 13.7 Å². The van der Waals surface area contributed by atoms with Crippen LogP contribution in [0.15, 0.2) is 24.3 Å². The molecule has 0 amide bonds. The zero-order valence-electron chi connectivity index (χ0n) is 13.1. The molecule has 2 rings (SSSR count). The van der Waals surface area contributed by atoms with Crippen molar-refractivity contribution in [3.05, 3.63) is 29.8 Å². The predicted molar refractivity (Wildman–Crippen MR) is 82.4 cm³/mol. The first-order chi connectivity index (χ1) is 10.1. The van der Waals surface area contributed by atoms with Crippen molar-refractivity contribution < 1.29 is 14.3 Å². The molecule has 4 nitrogen and oxygen atoms in total. The van der Waals surface area contributed by atoms with E-state index in [2.05, 4.69) is 5.32 Å². The van der Waals surface area contributed by atoms with Gasteiger partial charge < -0.3 is 14.8 Å². The lowest BCUT2D eigenvalue weighted by Crippen LogP contribution is -2.54. The number of hydrogen-bond donors (Lipinski definition) is 1. The molecule has 21 heavy (non-hydrogen) atoms. The van der Waals surface area contributed by atoms with Crippen LogP contribution in [0.2, 0.25) is 0 Å². The smallest absolute Gasteiger partial charge is 0.326 e. The Morgan fingerprint density at radius 2 is 2.29 bits per heavy atom. The third-order valence-corrected chi connectivity index (χ3v) is 4.54. The van der Waals surface area contributed by atoms with E-state index in [1.54, 1.807) is 0 Å². The van der Waals surface area contributed by atoms with Gasteiger partial charge in [-0.2, -0.15) is 0 Å².